The maximum Gasteiger partial charge on any atom is 0.419 e. The summed E-state index contributed by atoms with van der Waals surface area (Å²) < 4.78 is 72.2. The highest BCUT2D eigenvalue weighted by Crippen LogP contribution is 2.37. The highest BCUT2D eigenvalue weighted by atomic mass is 32.2. The molecule has 1 amide bonds. The van der Waals surface area contributed by atoms with Gasteiger partial charge in [-0.05, 0) is 31.0 Å². The Bertz CT molecular complexity index is 1130. The van der Waals surface area contributed by atoms with E-state index in [0.717, 1.165) is 11.8 Å². The predicted octanol–water partition coefficient (Wildman–Crippen LogP) is 6.09. The predicted molar refractivity (Wildman–Crippen MR) is 115 cm³/mol. The number of hydrogen-bond donors (Lipinski definition) is 1. The van der Waals surface area contributed by atoms with Gasteiger partial charge in [0.25, 0.3) is 5.91 Å². The minimum Gasteiger partial charge on any atom is -0.481 e. The first-order chi connectivity index (χ1) is 15.5. The van der Waals surface area contributed by atoms with Gasteiger partial charge in [-0.1, -0.05) is 30.4 Å². The number of carbonyl (C=O) groups is 2. The second-order valence-electron chi connectivity index (χ2n) is 7.05. The van der Waals surface area contributed by atoms with Gasteiger partial charge in [0.2, 0.25) is 0 Å². The zero-order valence-corrected chi connectivity index (χ0v) is 18.4. The van der Waals surface area contributed by atoms with Crippen LogP contribution in [-0.4, -0.2) is 32.7 Å². The molecule has 1 aliphatic heterocycles. The van der Waals surface area contributed by atoms with E-state index < -0.39 is 40.8 Å². The first-order valence-electron chi connectivity index (χ1n) is 9.61. The number of thioether (sulfide) groups is 1. The van der Waals surface area contributed by atoms with Crippen LogP contribution >= 0.6 is 24.0 Å². The van der Waals surface area contributed by atoms with Crippen molar-refractivity contribution < 1.29 is 41.1 Å². The number of alkyl halides is 3. The van der Waals surface area contributed by atoms with E-state index in [1.165, 1.54) is 23.1 Å². The van der Waals surface area contributed by atoms with E-state index in [2.05, 4.69) is 0 Å². The molecule has 33 heavy (non-hydrogen) atoms. The number of thiocarbonyl (C=S) groups is 1. The van der Waals surface area contributed by atoms with Crippen LogP contribution in [0.15, 0.2) is 33.6 Å². The van der Waals surface area contributed by atoms with Crippen LogP contribution in [0.3, 0.4) is 0 Å². The molecule has 0 bridgehead atoms. The number of halogens is 5. The van der Waals surface area contributed by atoms with Gasteiger partial charge >= 0.3 is 12.1 Å². The lowest BCUT2D eigenvalue weighted by molar-refractivity contribution is -0.140. The Morgan fingerprint density at radius 1 is 1.15 bits per heavy atom. The zero-order valence-electron chi connectivity index (χ0n) is 16.7. The van der Waals surface area contributed by atoms with E-state index in [0.29, 0.717) is 36.2 Å². The van der Waals surface area contributed by atoms with E-state index in [1.807, 2.05) is 0 Å². The molecule has 1 saturated heterocycles. The van der Waals surface area contributed by atoms with Gasteiger partial charge < -0.3 is 9.52 Å². The van der Waals surface area contributed by atoms with Crippen LogP contribution < -0.4 is 0 Å². The van der Waals surface area contributed by atoms with Gasteiger partial charge in [0.1, 0.15) is 27.5 Å². The molecule has 0 aliphatic carbocycles. The van der Waals surface area contributed by atoms with Gasteiger partial charge in [0.15, 0.2) is 0 Å². The van der Waals surface area contributed by atoms with E-state index in [1.54, 1.807) is 0 Å². The van der Waals surface area contributed by atoms with Gasteiger partial charge in [0, 0.05) is 25.1 Å². The van der Waals surface area contributed by atoms with E-state index in [9.17, 15) is 31.5 Å². The molecule has 0 atom stereocenters. The van der Waals surface area contributed by atoms with Gasteiger partial charge in [-0.15, -0.1) is 0 Å². The Morgan fingerprint density at radius 2 is 1.88 bits per heavy atom. The van der Waals surface area contributed by atoms with Crippen LogP contribution in [0, 0.1) is 11.6 Å². The first kappa shape index (κ1) is 24.9. The summed E-state index contributed by atoms with van der Waals surface area (Å²) in [7, 11) is 0. The highest BCUT2D eigenvalue weighted by molar-refractivity contribution is 8.26. The van der Waals surface area contributed by atoms with Crippen molar-refractivity contribution in [2.24, 2.45) is 0 Å². The summed E-state index contributed by atoms with van der Waals surface area (Å²) >= 11 is 6.21. The fourth-order valence-corrected chi connectivity index (χ4v) is 4.36. The van der Waals surface area contributed by atoms with Crippen LogP contribution in [0.5, 0.6) is 0 Å². The van der Waals surface area contributed by atoms with Crippen molar-refractivity contribution in [3.63, 3.8) is 0 Å². The van der Waals surface area contributed by atoms with Crippen molar-refractivity contribution in [2.45, 2.75) is 31.9 Å². The summed E-state index contributed by atoms with van der Waals surface area (Å²) in [6, 6.07) is 3.02. The molecule has 0 radical (unpaired) electrons. The van der Waals surface area contributed by atoms with Crippen LogP contribution in [0.25, 0.3) is 17.4 Å². The SMILES string of the molecule is O=C(O)CCCCCN1C(=O)C(=Cc2ccc(-c3cc(C(F)(F)F)c(F)cc3F)o2)SC1=S. The molecule has 12 heteroatoms. The van der Waals surface area contributed by atoms with E-state index >= 15 is 0 Å². The van der Waals surface area contributed by atoms with Gasteiger partial charge in [-0.2, -0.15) is 13.2 Å². The number of carboxylic acids is 1. The summed E-state index contributed by atoms with van der Waals surface area (Å²) in [6.07, 6.45) is -2.00. The molecule has 1 aromatic heterocycles. The number of amides is 1. The summed E-state index contributed by atoms with van der Waals surface area (Å²) in [6.45, 7) is 0.312. The van der Waals surface area contributed by atoms with Crippen LogP contribution in [0.1, 0.15) is 37.0 Å². The summed E-state index contributed by atoms with van der Waals surface area (Å²) in [5, 5.41) is 8.64. The molecule has 1 aromatic carbocycles. The standard InChI is InChI=1S/C21H16F5NO4S2/c22-14-10-15(23)13(21(24,25)26)9-12(14)16-6-5-11(31-16)8-17-19(30)27(20(32)33-17)7-3-1-2-4-18(28)29/h5-6,8-10H,1-4,7H2,(H,28,29). The Labute approximate surface area is 194 Å². The van der Waals surface area contributed by atoms with Gasteiger partial charge in [-0.3, -0.25) is 14.5 Å². The minimum atomic E-state index is -5.01. The van der Waals surface area contributed by atoms with Crippen molar-refractivity contribution in [3.8, 4) is 11.3 Å². The molecule has 0 spiro atoms. The number of nitrogens with zero attached hydrogens (tertiary/aromatic N) is 1. The van der Waals surface area contributed by atoms with Crippen molar-refractivity contribution in [2.75, 3.05) is 6.54 Å². The number of aliphatic carboxylic acids is 1. The molecule has 176 valence electrons. The number of carboxylic acid groups (broad SMARTS) is 1. The summed E-state index contributed by atoms with van der Waals surface area (Å²) in [5.41, 5.74) is -2.20. The average molecular weight is 505 g/mol. The Kier molecular flexibility index (Phi) is 7.58. The minimum absolute atomic E-state index is 0.0399. The topological polar surface area (TPSA) is 70.8 Å². The lowest BCUT2D eigenvalue weighted by Gasteiger charge is -2.13. The second-order valence-corrected chi connectivity index (χ2v) is 8.73. The lowest BCUT2D eigenvalue weighted by Crippen LogP contribution is -2.29. The fourth-order valence-electron chi connectivity index (χ4n) is 3.08. The normalized spacial score (nSPS) is 15.7. The number of hydrogen-bond acceptors (Lipinski definition) is 5. The van der Waals surface area contributed by atoms with E-state index in [-0.39, 0.29) is 28.9 Å². The number of unbranched alkanes of at least 4 members (excludes halogenated alkanes) is 2. The van der Waals surface area contributed by atoms with Crippen LogP contribution in [0.2, 0.25) is 0 Å². The molecule has 1 fully saturated rings. The molecule has 3 rings (SSSR count). The molecule has 0 saturated carbocycles. The maximum absolute atomic E-state index is 14.1. The number of carbonyl (C=O) groups excluding carboxylic acids is 1. The quantitative estimate of drug-likeness (QED) is 0.203. The van der Waals surface area contributed by atoms with Crippen molar-refractivity contribution in [1.29, 1.82) is 0 Å². The summed E-state index contributed by atoms with van der Waals surface area (Å²) in [5.74, 6) is -4.44. The molecule has 1 N–H and O–H groups in total. The fraction of sp³-hybridized carbons (Fsp3) is 0.286. The monoisotopic (exact) mass is 505 g/mol. The highest BCUT2D eigenvalue weighted by Gasteiger charge is 2.36. The molecule has 1 aliphatic rings. The average Bonchev–Trinajstić information content (AvgIpc) is 3.26. The Hall–Kier alpha value is -2.73. The lowest BCUT2D eigenvalue weighted by atomic mass is 10.1. The maximum atomic E-state index is 14.1. The molecule has 2 heterocycles. The Morgan fingerprint density at radius 3 is 2.55 bits per heavy atom. The smallest absolute Gasteiger partial charge is 0.419 e. The molecular formula is C21H16F5NO4S2. The van der Waals surface area contributed by atoms with Gasteiger partial charge in [0.05, 0.1) is 16.0 Å². The van der Waals surface area contributed by atoms with Crippen LogP contribution in [-0.2, 0) is 15.8 Å². The number of rotatable bonds is 8. The third-order valence-electron chi connectivity index (χ3n) is 4.67. The van der Waals surface area contributed by atoms with Crippen LogP contribution in [0.4, 0.5) is 22.0 Å². The second kappa shape index (κ2) is 10.0. The third-order valence-corrected chi connectivity index (χ3v) is 6.05. The number of benzene rings is 1. The molecule has 2 aromatic rings. The number of furan rings is 1. The van der Waals surface area contributed by atoms with Crippen molar-refractivity contribution >= 4 is 46.3 Å². The van der Waals surface area contributed by atoms with E-state index in [4.69, 9.17) is 21.7 Å². The first-order valence-corrected chi connectivity index (χ1v) is 10.8. The molecule has 5 nitrogen and oxygen atoms in total. The summed E-state index contributed by atoms with van der Waals surface area (Å²) in [4.78, 5) is 24.7. The van der Waals surface area contributed by atoms with Crippen molar-refractivity contribution in [1.82, 2.24) is 4.90 Å². The van der Waals surface area contributed by atoms with Gasteiger partial charge in [-0.25, -0.2) is 8.78 Å². The zero-order chi connectivity index (χ0) is 24.3. The largest absolute Gasteiger partial charge is 0.481 e. The third kappa shape index (κ3) is 5.99. The Balaban J connectivity index is 1.74. The van der Waals surface area contributed by atoms with Crippen molar-refractivity contribution in [3.05, 3.63) is 52.1 Å². The molecule has 0 unspecified atom stereocenters. The molecular weight excluding hydrogens is 489 g/mol.